The molecule has 0 aliphatic carbocycles. The maximum atomic E-state index is 5.86. The molecule has 0 fully saturated rings. The lowest BCUT2D eigenvalue weighted by Gasteiger charge is -2.00. The number of nitrogen functional groups attached to an aromatic ring is 1. The molecule has 4 nitrogen and oxygen atoms in total. The molecule has 3 heterocycles. The van der Waals surface area contributed by atoms with Crippen molar-refractivity contribution in [3.8, 4) is 0 Å². The summed E-state index contributed by atoms with van der Waals surface area (Å²) in [6.07, 6.45) is 2.21. The van der Waals surface area contributed by atoms with Gasteiger partial charge in [0.25, 0.3) is 0 Å². The van der Waals surface area contributed by atoms with Crippen molar-refractivity contribution in [1.29, 1.82) is 0 Å². The van der Waals surface area contributed by atoms with Crippen LogP contribution in [0, 0.1) is 0 Å². The Morgan fingerprint density at radius 2 is 2.25 bits per heavy atom. The molecule has 0 saturated carbocycles. The Balaban J connectivity index is 2.04. The normalized spacial score (nSPS) is 11.0. The van der Waals surface area contributed by atoms with Crippen LogP contribution in [0.25, 0.3) is 10.2 Å². The van der Waals surface area contributed by atoms with Crippen LogP contribution in [0.3, 0.4) is 0 Å². The Bertz CT molecular complexity index is 615. The van der Waals surface area contributed by atoms with E-state index in [-0.39, 0.29) is 0 Å². The fraction of sp³-hybridized carbons (Fsp3) is 0.0909. The van der Waals surface area contributed by atoms with Crippen LogP contribution in [0.4, 0.5) is 5.82 Å². The zero-order valence-corrected chi connectivity index (χ0v) is 9.20. The summed E-state index contributed by atoms with van der Waals surface area (Å²) < 4.78 is 6.20. The quantitative estimate of drug-likeness (QED) is 0.735. The van der Waals surface area contributed by atoms with Crippen LogP contribution < -0.4 is 5.73 Å². The molecule has 0 bridgehead atoms. The standard InChI is InChI=1S/C11H9N3OS/c12-11-10-8(3-5-16-10)13-9(14-11)6-7-2-1-4-15-7/h1-5H,6H2,(H2,12,13,14). The smallest absolute Gasteiger partial charge is 0.145 e. The van der Waals surface area contributed by atoms with Gasteiger partial charge in [0.2, 0.25) is 0 Å². The first-order valence-electron chi connectivity index (χ1n) is 4.85. The van der Waals surface area contributed by atoms with Crippen molar-refractivity contribution in [3.63, 3.8) is 0 Å². The second-order valence-electron chi connectivity index (χ2n) is 3.42. The van der Waals surface area contributed by atoms with Crippen LogP contribution in [0.2, 0.25) is 0 Å². The molecule has 3 aromatic rings. The number of furan rings is 1. The van der Waals surface area contributed by atoms with Crippen molar-refractivity contribution in [1.82, 2.24) is 9.97 Å². The van der Waals surface area contributed by atoms with Gasteiger partial charge >= 0.3 is 0 Å². The van der Waals surface area contributed by atoms with Crippen LogP contribution in [0.1, 0.15) is 11.6 Å². The number of thiophene rings is 1. The van der Waals surface area contributed by atoms with Gasteiger partial charge in [-0.15, -0.1) is 11.3 Å². The van der Waals surface area contributed by atoms with Crippen molar-refractivity contribution in [2.45, 2.75) is 6.42 Å². The predicted molar refractivity (Wildman–Crippen MR) is 63.3 cm³/mol. The van der Waals surface area contributed by atoms with Gasteiger partial charge < -0.3 is 10.2 Å². The third-order valence-corrected chi connectivity index (χ3v) is 3.21. The monoisotopic (exact) mass is 231 g/mol. The number of hydrogen-bond donors (Lipinski definition) is 1. The summed E-state index contributed by atoms with van der Waals surface area (Å²) in [5, 5.41) is 1.96. The highest BCUT2D eigenvalue weighted by Gasteiger charge is 2.07. The van der Waals surface area contributed by atoms with Crippen LogP contribution >= 0.6 is 11.3 Å². The Hall–Kier alpha value is -1.88. The molecule has 0 saturated heterocycles. The molecule has 0 spiro atoms. The Labute approximate surface area is 95.7 Å². The van der Waals surface area contributed by atoms with Crippen molar-refractivity contribution < 1.29 is 4.42 Å². The number of anilines is 1. The SMILES string of the molecule is Nc1nc(Cc2ccco2)nc2ccsc12. The first-order chi connectivity index (χ1) is 7.83. The summed E-state index contributed by atoms with van der Waals surface area (Å²) in [5.41, 5.74) is 6.76. The third kappa shape index (κ3) is 1.55. The Kier molecular flexibility index (Phi) is 2.11. The number of hydrogen-bond acceptors (Lipinski definition) is 5. The van der Waals surface area contributed by atoms with E-state index in [1.54, 1.807) is 17.6 Å². The van der Waals surface area contributed by atoms with E-state index in [0.29, 0.717) is 18.1 Å². The van der Waals surface area contributed by atoms with E-state index in [0.717, 1.165) is 16.0 Å². The van der Waals surface area contributed by atoms with Gasteiger partial charge in [0.1, 0.15) is 17.4 Å². The van der Waals surface area contributed by atoms with Gasteiger partial charge in [-0.25, -0.2) is 9.97 Å². The zero-order chi connectivity index (χ0) is 11.0. The number of fused-ring (bicyclic) bond motifs is 1. The maximum absolute atomic E-state index is 5.86. The summed E-state index contributed by atoms with van der Waals surface area (Å²) in [7, 11) is 0. The highest BCUT2D eigenvalue weighted by atomic mass is 32.1. The Morgan fingerprint density at radius 1 is 1.31 bits per heavy atom. The van der Waals surface area contributed by atoms with Gasteiger partial charge in [0.15, 0.2) is 0 Å². The predicted octanol–water partition coefficient (Wildman–Crippen LogP) is 2.46. The molecule has 0 aliphatic heterocycles. The molecule has 0 atom stereocenters. The minimum absolute atomic E-state index is 0.543. The van der Waals surface area contributed by atoms with E-state index in [1.165, 1.54) is 0 Å². The van der Waals surface area contributed by atoms with E-state index < -0.39 is 0 Å². The van der Waals surface area contributed by atoms with Gasteiger partial charge in [0, 0.05) is 0 Å². The summed E-state index contributed by atoms with van der Waals surface area (Å²) >= 11 is 1.56. The van der Waals surface area contributed by atoms with Crippen molar-refractivity contribution >= 4 is 27.4 Å². The molecule has 3 aromatic heterocycles. The first kappa shape index (κ1) is 9.35. The Morgan fingerprint density at radius 3 is 3.06 bits per heavy atom. The summed E-state index contributed by atoms with van der Waals surface area (Å²) in [6.45, 7) is 0. The highest BCUT2D eigenvalue weighted by Crippen LogP contribution is 2.24. The van der Waals surface area contributed by atoms with E-state index >= 15 is 0 Å². The largest absolute Gasteiger partial charge is 0.469 e. The molecule has 2 N–H and O–H groups in total. The number of rotatable bonds is 2. The highest BCUT2D eigenvalue weighted by molar-refractivity contribution is 7.17. The maximum Gasteiger partial charge on any atom is 0.145 e. The van der Waals surface area contributed by atoms with Crippen molar-refractivity contribution in [2.75, 3.05) is 5.73 Å². The number of nitrogens with zero attached hydrogens (tertiary/aromatic N) is 2. The molecule has 0 unspecified atom stereocenters. The molecule has 0 amide bonds. The molecule has 0 aromatic carbocycles. The van der Waals surface area contributed by atoms with E-state index in [1.807, 2.05) is 23.6 Å². The minimum Gasteiger partial charge on any atom is -0.469 e. The van der Waals surface area contributed by atoms with E-state index in [4.69, 9.17) is 10.2 Å². The lowest BCUT2D eigenvalue weighted by atomic mass is 10.3. The van der Waals surface area contributed by atoms with Crippen LogP contribution in [-0.4, -0.2) is 9.97 Å². The number of aromatic nitrogens is 2. The molecule has 0 aliphatic rings. The second-order valence-corrected chi connectivity index (χ2v) is 4.33. The minimum atomic E-state index is 0.543. The van der Waals surface area contributed by atoms with Crippen molar-refractivity contribution in [2.24, 2.45) is 0 Å². The second kappa shape index (κ2) is 3.61. The van der Waals surface area contributed by atoms with Gasteiger partial charge in [-0.2, -0.15) is 0 Å². The molecule has 0 radical (unpaired) electrons. The number of nitrogens with two attached hydrogens (primary N) is 1. The molecule has 16 heavy (non-hydrogen) atoms. The van der Waals surface area contributed by atoms with Crippen molar-refractivity contribution in [3.05, 3.63) is 41.4 Å². The lowest BCUT2D eigenvalue weighted by Crippen LogP contribution is -2.00. The van der Waals surface area contributed by atoms with Crippen LogP contribution in [0.5, 0.6) is 0 Å². The summed E-state index contributed by atoms with van der Waals surface area (Å²) in [5.74, 6) is 2.08. The fourth-order valence-corrected chi connectivity index (χ4v) is 2.32. The van der Waals surface area contributed by atoms with Crippen LogP contribution in [-0.2, 0) is 6.42 Å². The van der Waals surface area contributed by atoms with E-state index in [2.05, 4.69) is 9.97 Å². The lowest BCUT2D eigenvalue weighted by molar-refractivity contribution is 0.517. The average molecular weight is 231 g/mol. The fourth-order valence-electron chi connectivity index (χ4n) is 1.58. The van der Waals surface area contributed by atoms with Crippen LogP contribution in [0.15, 0.2) is 34.3 Å². The zero-order valence-electron chi connectivity index (χ0n) is 8.38. The van der Waals surface area contributed by atoms with E-state index in [9.17, 15) is 0 Å². The topological polar surface area (TPSA) is 64.9 Å². The van der Waals surface area contributed by atoms with Gasteiger partial charge in [-0.1, -0.05) is 0 Å². The van der Waals surface area contributed by atoms with Gasteiger partial charge in [0.05, 0.1) is 22.9 Å². The molecule has 3 rings (SSSR count). The average Bonchev–Trinajstić information content (AvgIpc) is 2.87. The molecule has 80 valence electrons. The summed E-state index contributed by atoms with van der Waals surface area (Å²) in [6, 6.07) is 5.70. The molecular formula is C11H9N3OS. The van der Waals surface area contributed by atoms with Gasteiger partial charge in [-0.05, 0) is 23.6 Å². The molecular weight excluding hydrogens is 222 g/mol. The first-order valence-corrected chi connectivity index (χ1v) is 5.73. The van der Waals surface area contributed by atoms with Gasteiger partial charge in [-0.3, -0.25) is 0 Å². The third-order valence-electron chi connectivity index (χ3n) is 2.29. The summed E-state index contributed by atoms with van der Waals surface area (Å²) in [4.78, 5) is 8.70. The molecule has 5 heteroatoms.